The Labute approximate surface area is 117 Å². The molecule has 0 aliphatic rings. The minimum absolute atomic E-state index is 0.433. The first-order valence-corrected chi connectivity index (χ1v) is 6.80. The molecule has 0 aromatic heterocycles. The van der Waals surface area contributed by atoms with Crippen molar-refractivity contribution < 1.29 is 9.47 Å². The van der Waals surface area contributed by atoms with Gasteiger partial charge in [-0.15, -0.1) is 0 Å². The highest BCUT2D eigenvalue weighted by Crippen LogP contribution is 2.28. The van der Waals surface area contributed by atoms with E-state index >= 15 is 0 Å². The zero-order chi connectivity index (χ0) is 13.4. The molecule has 0 heterocycles. The summed E-state index contributed by atoms with van der Waals surface area (Å²) < 4.78 is 11.7. The third-order valence-electron chi connectivity index (χ3n) is 2.37. The van der Waals surface area contributed by atoms with Crippen LogP contribution < -0.4 is 14.8 Å². The van der Waals surface area contributed by atoms with Gasteiger partial charge in [0.1, 0.15) is 6.61 Å². The van der Waals surface area contributed by atoms with E-state index in [0.29, 0.717) is 6.61 Å². The molecule has 1 rings (SSSR count). The Hall–Kier alpha value is -1.00. The minimum atomic E-state index is 0.433. The van der Waals surface area contributed by atoms with Crippen molar-refractivity contribution in [2.24, 2.45) is 0 Å². The maximum absolute atomic E-state index is 5.64. The van der Waals surface area contributed by atoms with Gasteiger partial charge in [0.2, 0.25) is 0 Å². The molecule has 0 radical (unpaired) electrons. The zero-order valence-electron chi connectivity index (χ0n) is 11.0. The van der Waals surface area contributed by atoms with Crippen molar-refractivity contribution in [1.29, 1.82) is 0 Å². The van der Waals surface area contributed by atoms with Gasteiger partial charge in [0.05, 0.1) is 7.11 Å². The van der Waals surface area contributed by atoms with Crippen LogP contribution in [0.1, 0.15) is 18.9 Å². The van der Waals surface area contributed by atoms with Crippen LogP contribution in [0.4, 0.5) is 0 Å². The quantitative estimate of drug-likeness (QED) is 0.745. The molecule has 18 heavy (non-hydrogen) atoms. The number of methoxy groups -OCH3 is 1. The average Bonchev–Trinajstić information content (AvgIpc) is 2.37. The summed E-state index contributed by atoms with van der Waals surface area (Å²) in [5.41, 5.74) is 1.18. The predicted molar refractivity (Wildman–Crippen MR) is 78.6 cm³/mol. The van der Waals surface area contributed by atoms with Crippen molar-refractivity contribution in [3.63, 3.8) is 0 Å². The first-order valence-electron chi connectivity index (χ1n) is 6.01. The molecule has 1 aromatic carbocycles. The normalized spacial score (nSPS) is 10.2. The van der Waals surface area contributed by atoms with Crippen LogP contribution in [0.25, 0.3) is 0 Å². The smallest absolute Gasteiger partial charge is 0.162 e. The summed E-state index contributed by atoms with van der Waals surface area (Å²) >= 11 is 3.28. The maximum Gasteiger partial charge on any atom is 0.162 e. The van der Waals surface area contributed by atoms with Crippen molar-refractivity contribution in [3.05, 3.63) is 34.8 Å². The molecule has 1 aromatic rings. The van der Waals surface area contributed by atoms with Gasteiger partial charge in [-0.1, -0.05) is 35.5 Å². The van der Waals surface area contributed by atoms with Gasteiger partial charge in [-0.3, -0.25) is 0 Å². The van der Waals surface area contributed by atoms with Gasteiger partial charge in [0, 0.05) is 11.0 Å². The summed E-state index contributed by atoms with van der Waals surface area (Å²) in [7, 11) is 1.64. The second kappa shape index (κ2) is 8.16. The summed E-state index contributed by atoms with van der Waals surface area (Å²) in [5.74, 6) is 1.48. The van der Waals surface area contributed by atoms with Crippen molar-refractivity contribution in [3.8, 4) is 11.5 Å². The van der Waals surface area contributed by atoms with E-state index in [0.717, 1.165) is 35.5 Å². The molecule has 0 spiro atoms. The summed E-state index contributed by atoms with van der Waals surface area (Å²) in [4.78, 5) is 0. The average molecular weight is 314 g/mol. The van der Waals surface area contributed by atoms with Gasteiger partial charge in [-0.25, -0.2) is 0 Å². The van der Waals surface area contributed by atoms with Crippen molar-refractivity contribution in [1.82, 2.24) is 5.32 Å². The van der Waals surface area contributed by atoms with Crippen LogP contribution in [0.3, 0.4) is 0 Å². The fraction of sp³-hybridized carbons (Fsp3) is 0.429. The SMILES string of the molecule is C=C(Br)COc1cc(CNCCC)ccc1OC. The molecule has 0 unspecified atom stereocenters. The second-order valence-electron chi connectivity index (χ2n) is 3.97. The molecule has 1 N–H and O–H groups in total. The first-order chi connectivity index (χ1) is 8.67. The standard InChI is InChI=1S/C14H20BrNO2/c1-4-7-16-9-12-5-6-13(17-3)14(8-12)18-10-11(2)15/h5-6,8,16H,2,4,7,9-10H2,1,3H3. The lowest BCUT2D eigenvalue weighted by Gasteiger charge is -2.12. The molecule has 0 aliphatic carbocycles. The van der Waals surface area contributed by atoms with Gasteiger partial charge in [0.15, 0.2) is 11.5 Å². The molecule has 100 valence electrons. The summed E-state index contributed by atoms with van der Waals surface area (Å²) in [6.45, 7) is 8.18. The number of halogens is 1. The van der Waals surface area contributed by atoms with Crippen LogP contribution in [0, 0.1) is 0 Å². The molecule has 0 fully saturated rings. The number of benzene rings is 1. The van der Waals surface area contributed by atoms with E-state index in [4.69, 9.17) is 9.47 Å². The number of ether oxygens (including phenoxy) is 2. The summed E-state index contributed by atoms with van der Waals surface area (Å²) in [5, 5.41) is 3.36. The Morgan fingerprint density at radius 2 is 2.17 bits per heavy atom. The van der Waals surface area contributed by atoms with E-state index in [2.05, 4.69) is 34.7 Å². The molecule has 0 amide bonds. The van der Waals surface area contributed by atoms with Crippen LogP contribution in [-0.2, 0) is 6.54 Å². The predicted octanol–water partition coefficient (Wildman–Crippen LogP) is 3.48. The van der Waals surface area contributed by atoms with Gasteiger partial charge in [0.25, 0.3) is 0 Å². The lowest BCUT2D eigenvalue weighted by atomic mass is 10.2. The van der Waals surface area contributed by atoms with Crippen LogP contribution >= 0.6 is 15.9 Å². The van der Waals surface area contributed by atoms with Gasteiger partial charge < -0.3 is 14.8 Å². The number of nitrogens with one attached hydrogen (secondary N) is 1. The van der Waals surface area contributed by atoms with Crippen LogP contribution in [0.2, 0.25) is 0 Å². The molecule has 0 atom stereocenters. The van der Waals surface area contributed by atoms with E-state index < -0.39 is 0 Å². The lowest BCUT2D eigenvalue weighted by Crippen LogP contribution is -2.13. The van der Waals surface area contributed by atoms with Gasteiger partial charge in [-0.05, 0) is 30.7 Å². The Morgan fingerprint density at radius 3 is 2.78 bits per heavy atom. The molecular weight excluding hydrogens is 294 g/mol. The molecule has 0 aliphatic heterocycles. The topological polar surface area (TPSA) is 30.5 Å². The molecule has 3 nitrogen and oxygen atoms in total. The van der Waals surface area contributed by atoms with Gasteiger partial charge in [-0.2, -0.15) is 0 Å². The Balaban J connectivity index is 2.71. The zero-order valence-corrected chi connectivity index (χ0v) is 12.5. The minimum Gasteiger partial charge on any atom is -0.493 e. The molecule has 0 saturated carbocycles. The highest BCUT2D eigenvalue weighted by molar-refractivity contribution is 9.11. The number of hydrogen-bond acceptors (Lipinski definition) is 3. The Bertz CT molecular complexity index is 393. The third kappa shape index (κ3) is 5.10. The third-order valence-corrected chi connectivity index (χ3v) is 2.60. The second-order valence-corrected chi connectivity index (χ2v) is 5.09. The molecule has 0 bridgehead atoms. The molecular formula is C14H20BrNO2. The summed E-state index contributed by atoms with van der Waals surface area (Å²) in [6.07, 6.45) is 1.13. The lowest BCUT2D eigenvalue weighted by molar-refractivity contribution is 0.324. The van der Waals surface area contributed by atoms with Crippen LogP contribution in [-0.4, -0.2) is 20.3 Å². The molecule has 0 saturated heterocycles. The van der Waals surface area contributed by atoms with Crippen LogP contribution in [0.5, 0.6) is 11.5 Å². The maximum atomic E-state index is 5.64. The van der Waals surface area contributed by atoms with Crippen molar-refractivity contribution in [2.75, 3.05) is 20.3 Å². The number of rotatable bonds is 8. The van der Waals surface area contributed by atoms with E-state index in [9.17, 15) is 0 Å². The van der Waals surface area contributed by atoms with Crippen LogP contribution in [0.15, 0.2) is 29.3 Å². The van der Waals surface area contributed by atoms with Gasteiger partial charge >= 0.3 is 0 Å². The summed E-state index contributed by atoms with van der Waals surface area (Å²) in [6, 6.07) is 5.96. The van der Waals surface area contributed by atoms with E-state index in [1.165, 1.54) is 5.56 Å². The van der Waals surface area contributed by atoms with E-state index in [-0.39, 0.29) is 0 Å². The highest BCUT2D eigenvalue weighted by Gasteiger charge is 2.06. The van der Waals surface area contributed by atoms with E-state index in [1.807, 2.05) is 18.2 Å². The monoisotopic (exact) mass is 313 g/mol. The largest absolute Gasteiger partial charge is 0.493 e. The van der Waals surface area contributed by atoms with E-state index in [1.54, 1.807) is 7.11 Å². The Kier molecular flexibility index (Phi) is 6.83. The fourth-order valence-electron chi connectivity index (χ4n) is 1.51. The fourth-order valence-corrected chi connectivity index (χ4v) is 1.62. The highest BCUT2D eigenvalue weighted by atomic mass is 79.9. The van der Waals surface area contributed by atoms with Crippen molar-refractivity contribution >= 4 is 15.9 Å². The Morgan fingerprint density at radius 1 is 1.39 bits per heavy atom. The number of hydrogen-bond donors (Lipinski definition) is 1. The van der Waals surface area contributed by atoms with Crippen molar-refractivity contribution in [2.45, 2.75) is 19.9 Å². The molecule has 4 heteroatoms. The first kappa shape index (κ1) is 15.1.